The minimum atomic E-state index is -0.396. The number of aliphatic hydroxyl groups is 1. The van der Waals surface area contributed by atoms with Gasteiger partial charge in [0.15, 0.2) is 0 Å². The molecule has 104 valence electrons. The normalized spacial score (nSPS) is 23.1. The van der Waals surface area contributed by atoms with Gasteiger partial charge < -0.3 is 10.4 Å². The highest BCUT2D eigenvalue weighted by atomic mass is 32.2. The van der Waals surface area contributed by atoms with Crippen LogP contribution in [-0.2, 0) is 5.75 Å². The van der Waals surface area contributed by atoms with Gasteiger partial charge >= 0.3 is 0 Å². The third kappa shape index (κ3) is 3.98. The number of thioether (sulfide) groups is 1. The van der Waals surface area contributed by atoms with Crippen molar-refractivity contribution in [1.82, 2.24) is 5.32 Å². The van der Waals surface area contributed by atoms with Crippen LogP contribution in [0.15, 0.2) is 24.3 Å². The van der Waals surface area contributed by atoms with Gasteiger partial charge in [0.05, 0.1) is 12.1 Å². The van der Waals surface area contributed by atoms with Crippen molar-refractivity contribution in [2.24, 2.45) is 0 Å². The van der Waals surface area contributed by atoms with Gasteiger partial charge in [0, 0.05) is 11.3 Å². The van der Waals surface area contributed by atoms with Crippen LogP contribution in [0.3, 0.4) is 0 Å². The topological polar surface area (TPSA) is 49.3 Å². The molecule has 2 N–H and O–H groups in total. The fourth-order valence-electron chi connectivity index (χ4n) is 2.50. The van der Waals surface area contributed by atoms with Gasteiger partial charge in [-0.05, 0) is 36.8 Å². The maximum atomic E-state index is 12.2. The van der Waals surface area contributed by atoms with Gasteiger partial charge in [0.2, 0.25) is 0 Å². The van der Waals surface area contributed by atoms with Crippen LogP contribution in [0.4, 0.5) is 0 Å². The Morgan fingerprint density at radius 1 is 1.42 bits per heavy atom. The zero-order chi connectivity index (χ0) is 13.7. The van der Waals surface area contributed by atoms with Crippen LogP contribution >= 0.6 is 11.8 Å². The maximum absolute atomic E-state index is 12.2. The van der Waals surface area contributed by atoms with E-state index in [1.165, 1.54) is 0 Å². The standard InChI is InChI=1S/C15H21NO2S/c1-19-10-11-5-4-6-12(9-11)15(18)16-13-7-2-3-8-14(13)17/h4-6,9,13-14,17H,2-3,7-8,10H2,1H3,(H,16,18)/t13-,14-/m0/s1. The Balaban J connectivity index is 2.00. The molecule has 0 aliphatic heterocycles. The Labute approximate surface area is 118 Å². The molecule has 0 bridgehead atoms. The number of hydrogen-bond donors (Lipinski definition) is 2. The third-order valence-electron chi connectivity index (χ3n) is 3.55. The average molecular weight is 279 g/mol. The number of amides is 1. The SMILES string of the molecule is CSCc1cccc(C(=O)N[C@H]2CCCC[C@@H]2O)c1. The van der Waals surface area contributed by atoms with Crippen molar-refractivity contribution in [2.75, 3.05) is 6.26 Å². The maximum Gasteiger partial charge on any atom is 0.251 e. The van der Waals surface area contributed by atoms with Crippen LogP contribution in [0.25, 0.3) is 0 Å². The number of aliphatic hydroxyl groups excluding tert-OH is 1. The number of carbonyl (C=O) groups is 1. The molecule has 0 aromatic heterocycles. The molecule has 1 aromatic carbocycles. The molecule has 1 amide bonds. The average Bonchev–Trinajstić information content (AvgIpc) is 2.42. The summed E-state index contributed by atoms with van der Waals surface area (Å²) in [4.78, 5) is 12.2. The summed E-state index contributed by atoms with van der Waals surface area (Å²) >= 11 is 1.74. The fraction of sp³-hybridized carbons (Fsp3) is 0.533. The van der Waals surface area contributed by atoms with Crippen LogP contribution in [0.5, 0.6) is 0 Å². The van der Waals surface area contributed by atoms with Crippen molar-refractivity contribution in [3.05, 3.63) is 35.4 Å². The molecular formula is C15H21NO2S. The van der Waals surface area contributed by atoms with E-state index in [0.717, 1.165) is 37.0 Å². The van der Waals surface area contributed by atoms with Crippen molar-refractivity contribution in [3.63, 3.8) is 0 Å². The van der Waals surface area contributed by atoms with Crippen LogP contribution in [0.2, 0.25) is 0 Å². The second kappa shape index (κ2) is 6.96. The van der Waals surface area contributed by atoms with E-state index in [1.54, 1.807) is 11.8 Å². The van der Waals surface area contributed by atoms with E-state index in [9.17, 15) is 9.90 Å². The summed E-state index contributed by atoms with van der Waals surface area (Å²) in [6.07, 6.45) is 5.44. The van der Waals surface area contributed by atoms with Crippen LogP contribution in [0.1, 0.15) is 41.6 Å². The predicted octanol–water partition coefficient (Wildman–Crippen LogP) is 2.58. The minimum Gasteiger partial charge on any atom is -0.391 e. The lowest BCUT2D eigenvalue weighted by molar-refractivity contribution is 0.0717. The summed E-state index contributed by atoms with van der Waals surface area (Å²) in [5, 5.41) is 12.8. The van der Waals surface area contributed by atoms with E-state index in [0.29, 0.717) is 5.56 Å². The summed E-state index contributed by atoms with van der Waals surface area (Å²) in [6, 6.07) is 7.61. The van der Waals surface area contributed by atoms with E-state index in [1.807, 2.05) is 30.5 Å². The molecule has 0 spiro atoms. The highest BCUT2D eigenvalue weighted by molar-refractivity contribution is 7.97. The highest BCUT2D eigenvalue weighted by Crippen LogP contribution is 2.19. The molecule has 0 heterocycles. The first-order valence-electron chi connectivity index (χ1n) is 6.77. The predicted molar refractivity (Wildman–Crippen MR) is 79.4 cm³/mol. The molecular weight excluding hydrogens is 258 g/mol. The Kier molecular flexibility index (Phi) is 5.28. The second-order valence-corrected chi connectivity index (χ2v) is 5.93. The third-order valence-corrected chi connectivity index (χ3v) is 4.17. The molecule has 4 heteroatoms. The largest absolute Gasteiger partial charge is 0.391 e. The highest BCUT2D eigenvalue weighted by Gasteiger charge is 2.24. The number of benzene rings is 1. The first kappa shape index (κ1) is 14.4. The van der Waals surface area contributed by atoms with Gasteiger partial charge in [0.1, 0.15) is 0 Å². The van der Waals surface area contributed by atoms with Crippen molar-refractivity contribution in [1.29, 1.82) is 0 Å². The molecule has 1 saturated carbocycles. The van der Waals surface area contributed by atoms with Crippen molar-refractivity contribution in [2.45, 2.75) is 43.6 Å². The van der Waals surface area contributed by atoms with Crippen molar-refractivity contribution in [3.8, 4) is 0 Å². The summed E-state index contributed by atoms with van der Waals surface area (Å²) in [6.45, 7) is 0. The smallest absolute Gasteiger partial charge is 0.251 e. The summed E-state index contributed by atoms with van der Waals surface area (Å²) in [5.74, 6) is 0.835. The van der Waals surface area contributed by atoms with Crippen molar-refractivity contribution >= 4 is 17.7 Å². The number of carbonyl (C=O) groups excluding carboxylic acids is 1. The monoisotopic (exact) mass is 279 g/mol. The summed E-state index contributed by atoms with van der Waals surface area (Å²) < 4.78 is 0. The van der Waals surface area contributed by atoms with Crippen LogP contribution in [0, 0.1) is 0 Å². The fourth-order valence-corrected chi connectivity index (χ4v) is 3.01. The number of rotatable bonds is 4. The molecule has 1 fully saturated rings. The Hall–Kier alpha value is -1.00. The molecule has 1 aliphatic rings. The number of nitrogens with one attached hydrogen (secondary N) is 1. The Bertz CT molecular complexity index is 436. The Morgan fingerprint density at radius 3 is 2.95 bits per heavy atom. The van der Waals surface area contributed by atoms with E-state index >= 15 is 0 Å². The first-order valence-corrected chi connectivity index (χ1v) is 8.17. The van der Waals surface area contributed by atoms with E-state index in [2.05, 4.69) is 5.32 Å². The van der Waals surface area contributed by atoms with E-state index < -0.39 is 6.10 Å². The molecule has 2 rings (SSSR count). The summed E-state index contributed by atoms with van der Waals surface area (Å²) in [7, 11) is 0. The molecule has 0 radical (unpaired) electrons. The van der Waals surface area contributed by atoms with Crippen LogP contribution in [-0.4, -0.2) is 29.4 Å². The zero-order valence-electron chi connectivity index (χ0n) is 11.3. The minimum absolute atomic E-state index is 0.0751. The van der Waals surface area contributed by atoms with Gasteiger partial charge in [-0.15, -0.1) is 0 Å². The van der Waals surface area contributed by atoms with Gasteiger partial charge in [-0.3, -0.25) is 4.79 Å². The molecule has 2 atom stereocenters. The van der Waals surface area contributed by atoms with E-state index in [4.69, 9.17) is 0 Å². The number of hydrogen-bond acceptors (Lipinski definition) is 3. The van der Waals surface area contributed by atoms with Gasteiger partial charge in [-0.1, -0.05) is 25.0 Å². The Morgan fingerprint density at radius 2 is 2.21 bits per heavy atom. The lowest BCUT2D eigenvalue weighted by Crippen LogP contribution is -2.45. The first-order chi connectivity index (χ1) is 9.20. The van der Waals surface area contributed by atoms with Crippen molar-refractivity contribution < 1.29 is 9.90 Å². The molecule has 1 aliphatic carbocycles. The summed E-state index contributed by atoms with van der Waals surface area (Å²) in [5.41, 5.74) is 1.84. The molecule has 19 heavy (non-hydrogen) atoms. The quantitative estimate of drug-likeness (QED) is 0.890. The van der Waals surface area contributed by atoms with Crippen LogP contribution < -0.4 is 5.32 Å². The second-order valence-electron chi connectivity index (χ2n) is 5.07. The lowest BCUT2D eigenvalue weighted by atomic mass is 9.92. The zero-order valence-corrected chi connectivity index (χ0v) is 12.1. The van der Waals surface area contributed by atoms with E-state index in [-0.39, 0.29) is 11.9 Å². The molecule has 1 aromatic rings. The lowest BCUT2D eigenvalue weighted by Gasteiger charge is -2.28. The van der Waals surface area contributed by atoms with Gasteiger partial charge in [-0.25, -0.2) is 0 Å². The molecule has 0 saturated heterocycles. The van der Waals surface area contributed by atoms with Gasteiger partial charge in [-0.2, -0.15) is 11.8 Å². The van der Waals surface area contributed by atoms with Gasteiger partial charge in [0.25, 0.3) is 5.91 Å². The molecule has 0 unspecified atom stereocenters. The molecule has 3 nitrogen and oxygen atoms in total.